The number of aliphatic hydroxyl groups is 1. The van der Waals surface area contributed by atoms with Gasteiger partial charge in [0, 0.05) is 25.2 Å². The van der Waals surface area contributed by atoms with Gasteiger partial charge in [0.1, 0.15) is 5.60 Å². The summed E-state index contributed by atoms with van der Waals surface area (Å²) >= 11 is 0. The number of ether oxygens (including phenoxy) is 1. The lowest BCUT2D eigenvalue weighted by molar-refractivity contribution is -0.00242. The van der Waals surface area contributed by atoms with E-state index in [9.17, 15) is 14.7 Å². The summed E-state index contributed by atoms with van der Waals surface area (Å²) in [5.74, 6) is -0.124. The van der Waals surface area contributed by atoms with Crippen LogP contribution in [0.15, 0.2) is 24.3 Å². The van der Waals surface area contributed by atoms with E-state index in [1.165, 1.54) is 0 Å². The van der Waals surface area contributed by atoms with Crippen molar-refractivity contribution in [3.63, 3.8) is 0 Å². The summed E-state index contributed by atoms with van der Waals surface area (Å²) in [7, 11) is 0. The number of rotatable bonds is 2. The Morgan fingerprint density at radius 1 is 1.29 bits per heavy atom. The number of amides is 2. The maximum Gasteiger partial charge on any atom is 0.410 e. The van der Waals surface area contributed by atoms with E-state index in [0.717, 1.165) is 5.56 Å². The molecule has 1 aromatic rings. The number of carbonyl (C=O) groups excluding carboxylic acids is 2. The average molecular weight is 334 g/mol. The summed E-state index contributed by atoms with van der Waals surface area (Å²) in [6.07, 6.45) is -0.413. The zero-order valence-electron chi connectivity index (χ0n) is 14.8. The fourth-order valence-corrected chi connectivity index (χ4v) is 2.72. The van der Waals surface area contributed by atoms with Crippen LogP contribution in [0.3, 0.4) is 0 Å². The maximum atomic E-state index is 12.7. The van der Waals surface area contributed by atoms with Crippen molar-refractivity contribution in [3.05, 3.63) is 35.4 Å². The summed E-state index contributed by atoms with van der Waals surface area (Å²) < 4.78 is 5.37. The molecule has 0 bridgehead atoms. The van der Waals surface area contributed by atoms with Crippen LogP contribution in [0.5, 0.6) is 0 Å². The molecule has 1 unspecified atom stereocenters. The number of hydrogen-bond acceptors (Lipinski definition) is 4. The molecular formula is C18H26N2O4. The minimum atomic E-state index is -0.569. The molecule has 1 aliphatic heterocycles. The van der Waals surface area contributed by atoms with Gasteiger partial charge in [-0.15, -0.1) is 0 Å². The largest absolute Gasteiger partial charge is 0.444 e. The van der Waals surface area contributed by atoms with E-state index in [2.05, 4.69) is 0 Å². The Bertz CT molecular complexity index is 609. The highest BCUT2D eigenvalue weighted by atomic mass is 16.6. The first-order valence-electron chi connectivity index (χ1n) is 8.17. The van der Waals surface area contributed by atoms with E-state index in [4.69, 9.17) is 4.74 Å². The molecule has 132 valence electrons. The van der Waals surface area contributed by atoms with E-state index in [-0.39, 0.29) is 19.1 Å². The highest BCUT2D eigenvalue weighted by Gasteiger charge is 2.34. The van der Waals surface area contributed by atoms with Crippen molar-refractivity contribution in [1.82, 2.24) is 9.80 Å². The summed E-state index contributed by atoms with van der Waals surface area (Å²) in [5, 5.41) is 9.67. The first kappa shape index (κ1) is 18.3. The van der Waals surface area contributed by atoms with Gasteiger partial charge in [-0.05, 0) is 39.8 Å². The van der Waals surface area contributed by atoms with Crippen LogP contribution in [0.4, 0.5) is 4.79 Å². The highest BCUT2D eigenvalue weighted by Crippen LogP contribution is 2.17. The van der Waals surface area contributed by atoms with Crippen molar-refractivity contribution in [2.75, 3.05) is 26.2 Å². The zero-order chi connectivity index (χ0) is 17.9. The second-order valence-corrected chi connectivity index (χ2v) is 7.13. The molecule has 2 rings (SSSR count). The van der Waals surface area contributed by atoms with Crippen LogP contribution in [0.25, 0.3) is 0 Å². The SMILES string of the molecule is Cc1cccc(C(=O)N2CCN(C(=O)OC(C)(C)C)CC2CO)c1. The summed E-state index contributed by atoms with van der Waals surface area (Å²) in [4.78, 5) is 28.1. The quantitative estimate of drug-likeness (QED) is 0.899. The Kier molecular flexibility index (Phi) is 5.49. The smallest absolute Gasteiger partial charge is 0.410 e. The standard InChI is InChI=1S/C18H26N2O4/c1-13-6-5-7-14(10-13)16(22)20-9-8-19(11-15(20)12-21)17(23)24-18(2,3)4/h5-7,10,15,21H,8-9,11-12H2,1-4H3. The number of aliphatic hydroxyl groups excluding tert-OH is 1. The Balaban J connectivity index is 2.07. The molecule has 1 saturated heterocycles. The third-order valence-corrected chi connectivity index (χ3v) is 3.87. The number of carbonyl (C=O) groups is 2. The molecule has 1 atom stereocenters. The summed E-state index contributed by atoms with van der Waals surface area (Å²) in [6, 6.07) is 6.94. The van der Waals surface area contributed by atoms with Crippen molar-refractivity contribution < 1.29 is 19.4 Å². The van der Waals surface area contributed by atoms with Gasteiger partial charge >= 0.3 is 6.09 Å². The zero-order valence-corrected chi connectivity index (χ0v) is 14.8. The molecule has 0 saturated carbocycles. The van der Waals surface area contributed by atoms with Gasteiger partial charge in [-0.3, -0.25) is 4.79 Å². The van der Waals surface area contributed by atoms with E-state index in [0.29, 0.717) is 18.7 Å². The Morgan fingerprint density at radius 3 is 2.58 bits per heavy atom. The van der Waals surface area contributed by atoms with Gasteiger partial charge in [-0.2, -0.15) is 0 Å². The van der Waals surface area contributed by atoms with E-state index in [1.54, 1.807) is 15.9 Å². The van der Waals surface area contributed by atoms with Crippen molar-refractivity contribution in [1.29, 1.82) is 0 Å². The van der Waals surface area contributed by atoms with Crippen molar-refractivity contribution in [2.45, 2.75) is 39.3 Å². The van der Waals surface area contributed by atoms with E-state index >= 15 is 0 Å². The van der Waals surface area contributed by atoms with Crippen LogP contribution in [0.1, 0.15) is 36.7 Å². The third-order valence-electron chi connectivity index (χ3n) is 3.87. The van der Waals surface area contributed by atoms with Crippen LogP contribution in [-0.4, -0.2) is 64.8 Å². The monoisotopic (exact) mass is 334 g/mol. The maximum absolute atomic E-state index is 12.7. The molecule has 1 aromatic carbocycles. The number of nitrogens with zero attached hydrogens (tertiary/aromatic N) is 2. The molecule has 0 spiro atoms. The molecule has 0 aliphatic carbocycles. The lowest BCUT2D eigenvalue weighted by Crippen LogP contribution is -2.58. The fourth-order valence-electron chi connectivity index (χ4n) is 2.72. The lowest BCUT2D eigenvalue weighted by Gasteiger charge is -2.41. The highest BCUT2D eigenvalue weighted by molar-refractivity contribution is 5.94. The van der Waals surface area contributed by atoms with Crippen LogP contribution in [0, 0.1) is 6.92 Å². The molecule has 0 radical (unpaired) electrons. The van der Waals surface area contributed by atoms with Gasteiger partial charge in [-0.25, -0.2) is 4.79 Å². The molecule has 6 heteroatoms. The molecule has 1 heterocycles. The Hall–Kier alpha value is -2.08. The first-order valence-corrected chi connectivity index (χ1v) is 8.17. The minimum Gasteiger partial charge on any atom is -0.444 e. The van der Waals surface area contributed by atoms with Gasteiger partial charge in [0.05, 0.1) is 12.6 Å². The molecule has 1 fully saturated rings. The van der Waals surface area contributed by atoms with Crippen LogP contribution < -0.4 is 0 Å². The van der Waals surface area contributed by atoms with Crippen molar-refractivity contribution in [3.8, 4) is 0 Å². The number of hydrogen-bond donors (Lipinski definition) is 1. The third kappa shape index (κ3) is 4.47. The molecule has 24 heavy (non-hydrogen) atoms. The average Bonchev–Trinajstić information content (AvgIpc) is 2.52. The second kappa shape index (κ2) is 7.21. The fraction of sp³-hybridized carbons (Fsp3) is 0.556. The van der Waals surface area contributed by atoms with Crippen LogP contribution >= 0.6 is 0 Å². The molecule has 1 aliphatic rings. The summed E-state index contributed by atoms with van der Waals surface area (Å²) in [5.41, 5.74) is 1.04. The van der Waals surface area contributed by atoms with Crippen LogP contribution in [-0.2, 0) is 4.74 Å². The van der Waals surface area contributed by atoms with Gasteiger partial charge in [0.25, 0.3) is 5.91 Å². The van der Waals surface area contributed by atoms with E-state index < -0.39 is 17.7 Å². The number of piperazine rings is 1. The Morgan fingerprint density at radius 2 is 2.00 bits per heavy atom. The van der Waals surface area contributed by atoms with Gasteiger partial charge in [0.15, 0.2) is 0 Å². The normalized spacial score (nSPS) is 18.5. The minimum absolute atomic E-state index is 0.124. The summed E-state index contributed by atoms with van der Waals surface area (Å²) in [6.45, 7) is 8.20. The van der Waals surface area contributed by atoms with Gasteiger partial charge < -0.3 is 19.6 Å². The second-order valence-electron chi connectivity index (χ2n) is 7.13. The number of aryl methyl sites for hydroxylation is 1. The molecule has 6 nitrogen and oxygen atoms in total. The van der Waals surface area contributed by atoms with Crippen molar-refractivity contribution in [2.24, 2.45) is 0 Å². The first-order chi connectivity index (χ1) is 11.2. The topological polar surface area (TPSA) is 70.1 Å². The van der Waals surface area contributed by atoms with Crippen LogP contribution in [0.2, 0.25) is 0 Å². The molecule has 2 amide bonds. The molecule has 0 aromatic heterocycles. The van der Waals surface area contributed by atoms with Gasteiger partial charge in [-0.1, -0.05) is 17.7 Å². The van der Waals surface area contributed by atoms with Crippen molar-refractivity contribution >= 4 is 12.0 Å². The van der Waals surface area contributed by atoms with E-state index in [1.807, 2.05) is 45.9 Å². The predicted molar refractivity (Wildman–Crippen MR) is 90.9 cm³/mol. The van der Waals surface area contributed by atoms with Gasteiger partial charge in [0.2, 0.25) is 0 Å². The number of benzene rings is 1. The molecular weight excluding hydrogens is 308 g/mol. The lowest BCUT2D eigenvalue weighted by atomic mass is 10.1. The predicted octanol–water partition coefficient (Wildman–Crippen LogP) is 2.05. The Labute approximate surface area is 143 Å². The molecule has 1 N–H and O–H groups in total.